The monoisotopic (exact) mass is 259 g/mol. The van der Waals surface area contributed by atoms with Crippen molar-refractivity contribution < 1.29 is 4.74 Å². The van der Waals surface area contributed by atoms with Gasteiger partial charge in [-0.15, -0.1) is 0 Å². The Hall–Kier alpha value is -1.02. The quantitative estimate of drug-likeness (QED) is 0.869. The number of fused-ring (bicyclic) bond motifs is 1. The van der Waals surface area contributed by atoms with Gasteiger partial charge < -0.3 is 10.1 Å². The van der Waals surface area contributed by atoms with Crippen LogP contribution in [-0.4, -0.2) is 13.2 Å². The van der Waals surface area contributed by atoms with Crippen molar-refractivity contribution in [1.82, 2.24) is 5.32 Å². The van der Waals surface area contributed by atoms with E-state index in [0.717, 1.165) is 17.7 Å². The molecule has 0 aromatic heterocycles. The van der Waals surface area contributed by atoms with Gasteiger partial charge in [0.15, 0.2) is 0 Å². The van der Waals surface area contributed by atoms with Gasteiger partial charge in [-0.2, -0.15) is 0 Å². The fourth-order valence-corrected chi connectivity index (χ4v) is 3.98. The highest BCUT2D eigenvalue weighted by atomic mass is 16.5. The molecule has 2 fully saturated rings. The Morgan fingerprint density at radius 1 is 1.05 bits per heavy atom. The minimum absolute atomic E-state index is 0.545. The number of piperidine rings is 1. The summed E-state index contributed by atoms with van der Waals surface area (Å²) >= 11 is 0. The first-order chi connectivity index (χ1) is 9.19. The van der Waals surface area contributed by atoms with E-state index in [1.165, 1.54) is 48.8 Å². The summed E-state index contributed by atoms with van der Waals surface area (Å²) < 4.78 is 5.42. The molecule has 0 amide bonds. The lowest BCUT2D eigenvalue weighted by atomic mass is 9.85. The zero-order valence-corrected chi connectivity index (χ0v) is 12.3. The van der Waals surface area contributed by atoms with E-state index in [-0.39, 0.29) is 0 Å². The third kappa shape index (κ3) is 2.38. The number of hydrogen-bond acceptors (Lipinski definition) is 2. The lowest BCUT2D eigenvalue weighted by Gasteiger charge is -2.34. The maximum atomic E-state index is 5.42. The number of hydrogen-bond donors (Lipinski definition) is 1. The maximum absolute atomic E-state index is 5.42. The minimum atomic E-state index is 0.545. The highest BCUT2D eigenvalue weighted by Gasteiger charge is 2.34. The molecule has 0 bridgehead atoms. The molecular formula is C17H25NO. The van der Waals surface area contributed by atoms with Crippen LogP contribution in [0.4, 0.5) is 0 Å². The molecule has 3 unspecified atom stereocenters. The number of methoxy groups -OCH3 is 1. The third-order valence-electron chi connectivity index (χ3n) is 5.06. The average molecular weight is 259 g/mol. The lowest BCUT2D eigenvalue weighted by Crippen LogP contribution is -2.40. The zero-order chi connectivity index (χ0) is 13.4. The molecule has 1 saturated heterocycles. The van der Waals surface area contributed by atoms with Gasteiger partial charge in [0.25, 0.3) is 0 Å². The van der Waals surface area contributed by atoms with E-state index in [1.807, 2.05) is 0 Å². The molecule has 1 aliphatic carbocycles. The standard InChI is InChI=1S/C17H25NO/c1-11-10-17(19-3)12(2)9-14(11)16-8-7-13-5-4-6-15(13)18-16/h9-10,13,15-16,18H,4-8H2,1-3H3. The second kappa shape index (κ2) is 5.16. The van der Waals surface area contributed by atoms with Gasteiger partial charge in [-0.25, -0.2) is 0 Å². The van der Waals surface area contributed by atoms with Crippen molar-refractivity contribution in [3.63, 3.8) is 0 Å². The van der Waals surface area contributed by atoms with Gasteiger partial charge in [0, 0.05) is 12.1 Å². The normalized spacial score (nSPS) is 30.2. The van der Waals surface area contributed by atoms with Crippen LogP contribution in [0.1, 0.15) is 54.8 Å². The molecule has 1 aliphatic heterocycles. The minimum Gasteiger partial charge on any atom is -0.496 e. The molecular weight excluding hydrogens is 234 g/mol. The van der Waals surface area contributed by atoms with Crippen LogP contribution in [0.3, 0.4) is 0 Å². The van der Waals surface area contributed by atoms with Crippen LogP contribution in [0.25, 0.3) is 0 Å². The molecule has 1 aromatic carbocycles. The van der Waals surface area contributed by atoms with Crippen LogP contribution < -0.4 is 10.1 Å². The molecule has 0 spiro atoms. The van der Waals surface area contributed by atoms with Gasteiger partial charge in [0.05, 0.1) is 7.11 Å². The Labute approximate surface area is 116 Å². The van der Waals surface area contributed by atoms with Gasteiger partial charge in [-0.05, 0) is 68.2 Å². The summed E-state index contributed by atoms with van der Waals surface area (Å²) in [4.78, 5) is 0. The Morgan fingerprint density at radius 3 is 2.68 bits per heavy atom. The molecule has 2 nitrogen and oxygen atoms in total. The summed E-state index contributed by atoms with van der Waals surface area (Å²) in [6.45, 7) is 4.35. The number of nitrogens with one attached hydrogen (secondary N) is 1. The number of aryl methyl sites for hydroxylation is 2. The molecule has 104 valence electrons. The van der Waals surface area contributed by atoms with E-state index in [9.17, 15) is 0 Å². The van der Waals surface area contributed by atoms with Crippen LogP contribution in [0.5, 0.6) is 5.75 Å². The van der Waals surface area contributed by atoms with Crippen molar-refractivity contribution in [3.8, 4) is 5.75 Å². The third-order valence-corrected chi connectivity index (χ3v) is 5.06. The van der Waals surface area contributed by atoms with Crippen molar-refractivity contribution in [2.75, 3.05) is 7.11 Å². The number of rotatable bonds is 2. The highest BCUT2D eigenvalue weighted by molar-refractivity contribution is 5.43. The van der Waals surface area contributed by atoms with E-state index >= 15 is 0 Å². The fourth-order valence-electron chi connectivity index (χ4n) is 3.98. The van der Waals surface area contributed by atoms with Gasteiger partial charge in [-0.1, -0.05) is 12.5 Å². The first kappa shape index (κ1) is 13.0. The second-order valence-corrected chi connectivity index (χ2v) is 6.27. The molecule has 1 heterocycles. The summed E-state index contributed by atoms with van der Waals surface area (Å²) in [5, 5.41) is 3.90. The first-order valence-electron chi connectivity index (χ1n) is 7.60. The lowest BCUT2D eigenvalue weighted by molar-refractivity contribution is 0.260. The van der Waals surface area contributed by atoms with E-state index in [2.05, 4.69) is 31.3 Å². The summed E-state index contributed by atoms with van der Waals surface area (Å²) in [5.41, 5.74) is 4.08. The smallest absolute Gasteiger partial charge is 0.122 e. The Kier molecular flexibility index (Phi) is 3.53. The van der Waals surface area contributed by atoms with Crippen molar-refractivity contribution in [2.24, 2.45) is 5.92 Å². The van der Waals surface area contributed by atoms with Gasteiger partial charge in [0.1, 0.15) is 5.75 Å². The van der Waals surface area contributed by atoms with Crippen LogP contribution in [0.15, 0.2) is 12.1 Å². The summed E-state index contributed by atoms with van der Waals surface area (Å²) in [7, 11) is 1.75. The molecule has 2 heteroatoms. The van der Waals surface area contributed by atoms with E-state index in [0.29, 0.717) is 6.04 Å². The Bertz CT molecular complexity index is 469. The Morgan fingerprint density at radius 2 is 1.89 bits per heavy atom. The van der Waals surface area contributed by atoms with Crippen molar-refractivity contribution in [2.45, 2.75) is 58.0 Å². The molecule has 0 radical (unpaired) electrons. The molecule has 1 N–H and O–H groups in total. The topological polar surface area (TPSA) is 21.3 Å². The largest absolute Gasteiger partial charge is 0.496 e. The van der Waals surface area contributed by atoms with Gasteiger partial charge in [-0.3, -0.25) is 0 Å². The molecule has 2 aliphatic rings. The predicted molar refractivity (Wildman–Crippen MR) is 78.7 cm³/mol. The maximum Gasteiger partial charge on any atom is 0.122 e. The number of ether oxygens (including phenoxy) is 1. The first-order valence-corrected chi connectivity index (χ1v) is 7.60. The second-order valence-electron chi connectivity index (χ2n) is 6.27. The van der Waals surface area contributed by atoms with Crippen LogP contribution >= 0.6 is 0 Å². The van der Waals surface area contributed by atoms with Crippen LogP contribution in [0, 0.1) is 19.8 Å². The fraction of sp³-hybridized carbons (Fsp3) is 0.647. The zero-order valence-electron chi connectivity index (χ0n) is 12.3. The highest BCUT2D eigenvalue weighted by Crippen LogP contribution is 2.39. The van der Waals surface area contributed by atoms with Crippen LogP contribution in [0.2, 0.25) is 0 Å². The van der Waals surface area contributed by atoms with Crippen LogP contribution in [-0.2, 0) is 0 Å². The van der Waals surface area contributed by atoms with E-state index in [1.54, 1.807) is 7.11 Å². The molecule has 3 atom stereocenters. The van der Waals surface area contributed by atoms with Crippen molar-refractivity contribution in [3.05, 3.63) is 28.8 Å². The summed E-state index contributed by atoms with van der Waals surface area (Å²) in [5.74, 6) is 1.95. The van der Waals surface area contributed by atoms with Crippen molar-refractivity contribution >= 4 is 0 Å². The molecule has 3 rings (SSSR count). The van der Waals surface area contributed by atoms with Gasteiger partial charge >= 0.3 is 0 Å². The SMILES string of the molecule is COc1cc(C)c(C2CCC3CCCC3N2)cc1C. The summed E-state index contributed by atoms with van der Waals surface area (Å²) in [6.07, 6.45) is 6.90. The van der Waals surface area contributed by atoms with Gasteiger partial charge in [0.2, 0.25) is 0 Å². The van der Waals surface area contributed by atoms with E-state index in [4.69, 9.17) is 4.74 Å². The average Bonchev–Trinajstić information content (AvgIpc) is 2.88. The Balaban J connectivity index is 1.84. The summed E-state index contributed by atoms with van der Waals surface area (Å²) in [6, 6.07) is 5.82. The van der Waals surface area contributed by atoms with Crippen molar-refractivity contribution in [1.29, 1.82) is 0 Å². The number of benzene rings is 1. The molecule has 1 saturated carbocycles. The molecule has 19 heavy (non-hydrogen) atoms. The predicted octanol–water partition coefficient (Wildman–Crippen LogP) is 3.91. The van der Waals surface area contributed by atoms with E-state index < -0.39 is 0 Å². The molecule has 1 aromatic rings.